The molecule has 0 radical (unpaired) electrons. The van der Waals surface area contributed by atoms with Gasteiger partial charge in [-0.3, -0.25) is 5.84 Å². The fourth-order valence-electron chi connectivity index (χ4n) is 2.40. The van der Waals surface area contributed by atoms with Crippen LogP contribution in [-0.2, 0) is 4.74 Å². The monoisotopic (exact) mass is 286 g/mol. The molecule has 21 heavy (non-hydrogen) atoms. The molecule has 0 aliphatic carbocycles. The molecule has 2 aromatic rings. The van der Waals surface area contributed by atoms with Crippen molar-refractivity contribution in [2.75, 3.05) is 13.7 Å². The molecule has 0 aliphatic rings. The molecule has 2 rings (SSSR count). The largest absolute Gasteiger partial charge is 0.497 e. The molecule has 0 spiro atoms. The molecule has 112 valence electrons. The Kier molecular flexibility index (Phi) is 5.75. The minimum absolute atomic E-state index is 0.151. The molecular formula is C17H22N2O2. The predicted octanol–water partition coefficient (Wildman–Crippen LogP) is 2.98. The third-order valence-electron chi connectivity index (χ3n) is 3.41. The Balaban J connectivity index is 2.35. The zero-order valence-corrected chi connectivity index (χ0v) is 12.5. The van der Waals surface area contributed by atoms with E-state index in [1.165, 1.54) is 0 Å². The van der Waals surface area contributed by atoms with E-state index in [-0.39, 0.29) is 12.1 Å². The van der Waals surface area contributed by atoms with E-state index in [1.807, 2.05) is 61.5 Å². The van der Waals surface area contributed by atoms with Crippen molar-refractivity contribution in [3.8, 4) is 5.75 Å². The van der Waals surface area contributed by atoms with Gasteiger partial charge in [0.2, 0.25) is 0 Å². The van der Waals surface area contributed by atoms with Crippen LogP contribution in [0.1, 0.15) is 30.2 Å². The van der Waals surface area contributed by atoms with E-state index in [2.05, 4.69) is 5.43 Å². The molecule has 0 bridgehead atoms. The Morgan fingerprint density at radius 3 is 2.38 bits per heavy atom. The summed E-state index contributed by atoms with van der Waals surface area (Å²) >= 11 is 0. The molecule has 0 amide bonds. The van der Waals surface area contributed by atoms with Crippen LogP contribution in [0.3, 0.4) is 0 Å². The van der Waals surface area contributed by atoms with E-state index in [0.29, 0.717) is 6.61 Å². The first-order chi connectivity index (χ1) is 10.3. The minimum Gasteiger partial charge on any atom is -0.497 e. The van der Waals surface area contributed by atoms with Gasteiger partial charge in [-0.2, -0.15) is 0 Å². The molecule has 2 atom stereocenters. The summed E-state index contributed by atoms with van der Waals surface area (Å²) < 4.78 is 11.2. The van der Waals surface area contributed by atoms with Crippen molar-refractivity contribution in [1.29, 1.82) is 0 Å². The predicted molar refractivity (Wildman–Crippen MR) is 83.9 cm³/mol. The van der Waals surface area contributed by atoms with Gasteiger partial charge in [-0.1, -0.05) is 42.5 Å². The van der Waals surface area contributed by atoms with E-state index in [1.54, 1.807) is 7.11 Å². The number of methoxy groups -OCH3 is 1. The fourth-order valence-corrected chi connectivity index (χ4v) is 2.40. The van der Waals surface area contributed by atoms with Crippen LogP contribution in [0.4, 0.5) is 0 Å². The summed E-state index contributed by atoms with van der Waals surface area (Å²) in [5.41, 5.74) is 4.99. The smallest absolute Gasteiger partial charge is 0.119 e. The van der Waals surface area contributed by atoms with Gasteiger partial charge < -0.3 is 9.47 Å². The van der Waals surface area contributed by atoms with E-state index in [9.17, 15) is 0 Å². The number of rotatable bonds is 7. The fraction of sp³-hybridized carbons (Fsp3) is 0.294. The molecule has 4 heteroatoms. The zero-order valence-electron chi connectivity index (χ0n) is 12.5. The molecule has 0 aromatic heterocycles. The van der Waals surface area contributed by atoms with Gasteiger partial charge >= 0.3 is 0 Å². The highest BCUT2D eigenvalue weighted by Gasteiger charge is 2.24. The van der Waals surface area contributed by atoms with E-state index in [4.69, 9.17) is 15.3 Å². The second-order valence-electron chi connectivity index (χ2n) is 4.71. The van der Waals surface area contributed by atoms with Gasteiger partial charge in [0.05, 0.1) is 13.2 Å². The molecule has 2 aromatic carbocycles. The first kappa shape index (κ1) is 15.5. The summed E-state index contributed by atoms with van der Waals surface area (Å²) in [7, 11) is 1.65. The molecule has 0 saturated carbocycles. The highest BCUT2D eigenvalue weighted by atomic mass is 16.5. The summed E-state index contributed by atoms with van der Waals surface area (Å²) in [4.78, 5) is 0. The Morgan fingerprint density at radius 1 is 1.05 bits per heavy atom. The number of hydrogen-bond donors (Lipinski definition) is 2. The van der Waals surface area contributed by atoms with Crippen LogP contribution in [0.25, 0.3) is 0 Å². The molecule has 4 nitrogen and oxygen atoms in total. The first-order valence-electron chi connectivity index (χ1n) is 7.06. The maximum absolute atomic E-state index is 5.93. The normalized spacial score (nSPS) is 13.7. The van der Waals surface area contributed by atoms with Crippen molar-refractivity contribution in [1.82, 2.24) is 5.43 Å². The summed E-state index contributed by atoms with van der Waals surface area (Å²) in [6, 6.07) is 17.8. The maximum atomic E-state index is 5.93. The van der Waals surface area contributed by atoms with Crippen LogP contribution >= 0.6 is 0 Å². The molecule has 0 saturated heterocycles. The Morgan fingerprint density at radius 2 is 1.76 bits per heavy atom. The third-order valence-corrected chi connectivity index (χ3v) is 3.41. The average molecular weight is 286 g/mol. The standard InChI is InChI=1S/C17H22N2O2/c1-3-21-17(13-8-5-4-6-9-13)16(19-18)14-10-7-11-15(12-14)20-2/h4-12,16-17,19H,3,18H2,1-2H3. The van der Waals surface area contributed by atoms with Gasteiger partial charge in [0.25, 0.3) is 0 Å². The molecule has 0 heterocycles. The van der Waals surface area contributed by atoms with E-state index in [0.717, 1.165) is 16.9 Å². The lowest BCUT2D eigenvalue weighted by atomic mass is 9.96. The lowest BCUT2D eigenvalue weighted by Crippen LogP contribution is -2.33. The lowest BCUT2D eigenvalue weighted by Gasteiger charge is -2.27. The first-order valence-corrected chi connectivity index (χ1v) is 7.06. The maximum Gasteiger partial charge on any atom is 0.119 e. The summed E-state index contributed by atoms with van der Waals surface area (Å²) in [5, 5.41) is 0. The second kappa shape index (κ2) is 7.78. The van der Waals surface area contributed by atoms with Crippen molar-refractivity contribution < 1.29 is 9.47 Å². The van der Waals surface area contributed by atoms with Gasteiger partial charge in [-0.15, -0.1) is 0 Å². The number of hydrogen-bond acceptors (Lipinski definition) is 4. The molecule has 0 aliphatic heterocycles. The Hall–Kier alpha value is -1.88. The van der Waals surface area contributed by atoms with E-state index >= 15 is 0 Å². The van der Waals surface area contributed by atoms with Crippen LogP contribution < -0.4 is 16.0 Å². The number of benzene rings is 2. The van der Waals surface area contributed by atoms with Crippen LogP contribution in [0.2, 0.25) is 0 Å². The number of hydrazine groups is 1. The van der Waals surface area contributed by atoms with Gasteiger partial charge in [-0.05, 0) is 30.2 Å². The minimum atomic E-state index is -0.159. The van der Waals surface area contributed by atoms with Crippen LogP contribution in [0, 0.1) is 0 Å². The Bertz CT molecular complexity index is 545. The van der Waals surface area contributed by atoms with Crippen LogP contribution in [0.15, 0.2) is 54.6 Å². The van der Waals surface area contributed by atoms with Crippen molar-refractivity contribution in [2.45, 2.75) is 19.1 Å². The van der Waals surface area contributed by atoms with Crippen molar-refractivity contribution in [2.24, 2.45) is 5.84 Å². The van der Waals surface area contributed by atoms with E-state index < -0.39 is 0 Å². The van der Waals surface area contributed by atoms with Crippen LogP contribution in [0.5, 0.6) is 5.75 Å². The molecule has 0 fully saturated rings. The quantitative estimate of drug-likeness (QED) is 0.607. The van der Waals surface area contributed by atoms with Gasteiger partial charge in [0, 0.05) is 6.61 Å². The number of nitrogens with one attached hydrogen (secondary N) is 1. The van der Waals surface area contributed by atoms with Gasteiger partial charge in [0.15, 0.2) is 0 Å². The zero-order chi connectivity index (χ0) is 15.1. The molecule has 2 unspecified atom stereocenters. The Labute approximate surface area is 125 Å². The second-order valence-corrected chi connectivity index (χ2v) is 4.71. The highest BCUT2D eigenvalue weighted by molar-refractivity contribution is 5.33. The number of nitrogens with two attached hydrogens (primary N) is 1. The average Bonchev–Trinajstić information content (AvgIpc) is 2.56. The SMILES string of the molecule is CCOC(c1ccccc1)C(NN)c1cccc(OC)c1. The highest BCUT2D eigenvalue weighted by Crippen LogP contribution is 2.32. The molecule has 3 N–H and O–H groups in total. The van der Waals surface area contributed by atoms with Crippen LogP contribution in [-0.4, -0.2) is 13.7 Å². The third kappa shape index (κ3) is 3.82. The lowest BCUT2D eigenvalue weighted by molar-refractivity contribution is 0.0326. The number of ether oxygens (including phenoxy) is 2. The summed E-state index contributed by atoms with van der Waals surface area (Å²) in [6.07, 6.45) is -0.159. The van der Waals surface area contributed by atoms with Crippen molar-refractivity contribution in [3.05, 3.63) is 65.7 Å². The van der Waals surface area contributed by atoms with Gasteiger partial charge in [-0.25, -0.2) is 5.43 Å². The topological polar surface area (TPSA) is 56.5 Å². The van der Waals surface area contributed by atoms with Crippen molar-refractivity contribution in [3.63, 3.8) is 0 Å². The molecular weight excluding hydrogens is 264 g/mol. The summed E-state index contributed by atoms with van der Waals surface area (Å²) in [5.74, 6) is 6.60. The van der Waals surface area contributed by atoms with Gasteiger partial charge in [0.1, 0.15) is 11.9 Å². The van der Waals surface area contributed by atoms with Crippen molar-refractivity contribution >= 4 is 0 Å². The summed E-state index contributed by atoms with van der Waals surface area (Å²) in [6.45, 7) is 2.59.